The summed E-state index contributed by atoms with van der Waals surface area (Å²) < 4.78 is 11.1. The quantitative estimate of drug-likeness (QED) is 0.801. The number of hydrogen-bond donors (Lipinski definition) is 1. The Kier molecular flexibility index (Phi) is 7.56. The van der Waals surface area contributed by atoms with Gasteiger partial charge in [-0.1, -0.05) is 31.2 Å². The fraction of sp³-hybridized carbons (Fsp3) is 0.632. The Labute approximate surface area is 139 Å². The van der Waals surface area contributed by atoms with Gasteiger partial charge < -0.3 is 14.8 Å². The highest BCUT2D eigenvalue weighted by molar-refractivity contribution is 5.76. The van der Waals surface area contributed by atoms with Crippen LogP contribution in [0.1, 0.15) is 44.2 Å². The van der Waals surface area contributed by atoms with Crippen LogP contribution in [0.5, 0.6) is 0 Å². The van der Waals surface area contributed by atoms with Crippen LogP contribution in [0.15, 0.2) is 24.3 Å². The number of ether oxygens (including phenoxy) is 2. The summed E-state index contributed by atoms with van der Waals surface area (Å²) in [6.45, 7) is 6.04. The predicted octanol–water partition coefficient (Wildman–Crippen LogP) is 2.88. The number of nitrogens with one attached hydrogen (secondary N) is 1. The zero-order valence-corrected chi connectivity index (χ0v) is 14.3. The third kappa shape index (κ3) is 5.96. The lowest BCUT2D eigenvalue weighted by Crippen LogP contribution is -2.50. The summed E-state index contributed by atoms with van der Waals surface area (Å²) in [5, 5.41) is 3.11. The molecule has 2 atom stereocenters. The molecule has 0 unspecified atom stereocenters. The molecule has 128 valence electrons. The van der Waals surface area contributed by atoms with Gasteiger partial charge in [-0.25, -0.2) is 0 Å². The van der Waals surface area contributed by atoms with Crippen LogP contribution in [-0.4, -0.2) is 37.9 Å². The lowest BCUT2D eigenvalue weighted by molar-refractivity contribution is -0.126. The van der Waals surface area contributed by atoms with Crippen molar-refractivity contribution in [2.24, 2.45) is 0 Å². The molecule has 4 heteroatoms. The normalized spacial score (nSPS) is 21.1. The van der Waals surface area contributed by atoms with E-state index in [0.717, 1.165) is 25.7 Å². The number of hydrogen-bond acceptors (Lipinski definition) is 3. The molecule has 1 aromatic carbocycles. The van der Waals surface area contributed by atoms with E-state index in [9.17, 15) is 4.79 Å². The molecule has 1 aliphatic rings. The molecule has 23 heavy (non-hydrogen) atoms. The monoisotopic (exact) mass is 319 g/mol. The van der Waals surface area contributed by atoms with Gasteiger partial charge in [-0.3, -0.25) is 4.79 Å². The van der Waals surface area contributed by atoms with Crippen molar-refractivity contribution in [2.75, 3.05) is 19.8 Å². The van der Waals surface area contributed by atoms with Gasteiger partial charge in [0, 0.05) is 19.6 Å². The first-order chi connectivity index (χ1) is 11.2. The lowest BCUT2D eigenvalue weighted by Gasteiger charge is -2.31. The van der Waals surface area contributed by atoms with E-state index in [0.29, 0.717) is 26.2 Å². The third-order valence-electron chi connectivity index (χ3n) is 4.33. The van der Waals surface area contributed by atoms with Crippen LogP contribution >= 0.6 is 0 Å². The Balaban J connectivity index is 1.71. The van der Waals surface area contributed by atoms with E-state index in [1.165, 1.54) is 11.1 Å². The van der Waals surface area contributed by atoms with E-state index >= 15 is 0 Å². The maximum absolute atomic E-state index is 12.1. The van der Waals surface area contributed by atoms with Crippen LogP contribution in [0.4, 0.5) is 0 Å². The maximum Gasteiger partial charge on any atom is 0.220 e. The first-order valence-electron chi connectivity index (χ1n) is 8.79. The molecule has 2 rings (SSSR count). The molecule has 1 saturated heterocycles. The SMILES string of the molecule is CCO[C@@H]1COCC[C@H]1NC(=O)CCCc1ccc(CC)cc1. The van der Waals surface area contributed by atoms with Crippen molar-refractivity contribution in [1.29, 1.82) is 0 Å². The molecule has 0 aliphatic carbocycles. The maximum atomic E-state index is 12.1. The Hall–Kier alpha value is -1.39. The summed E-state index contributed by atoms with van der Waals surface area (Å²) in [7, 11) is 0. The minimum Gasteiger partial charge on any atom is -0.379 e. The molecule has 1 heterocycles. The Morgan fingerprint density at radius 3 is 2.70 bits per heavy atom. The van der Waals surface area contributed by atoms with Gasteiger partial charge in [-0.2, -0.15) is 0 Å². The Morgan fingerprint density at radius 1 is 1.26 bits per heavy atom. The summed E-state index contributed by atoms with van der Waals surface area (Å²) in [6.07, 6.45) is 4.26. The zero-order chi connectivity index (χ0) is 16.5. The molecule has 4 nitrogen and oxygen atoms in total. The van der Waals surface area contributed by atoms with Crippen LogP contribution in [-0.2, 0) is 27.1 Å². The fourth-order valence-electron chi connectivity index (χ4n) is 2.93. The molecule has 0 aromatic heterocycles. The van der Waals surface area contributed by atoms with Gasteiger partial charge in [-0.05, 0) is 43.7 Å². The van der Waals surface area contributed by atoms with Gasteiger partial charge in [-0.15, -0.1) is 0 Å². The van der Waals surface area contributed by atoms with E-state index in [2.05, 4.69) is 36.5 Å². The van der Waals surface area contributed by atoms with Crippen molar-refractivity contribution in [1.82, 2.24) is 5.32 Å². The van der Waals surface area contributed by atoms with Gasteiger partial charge in [0.25, 0.3) is 0 Å². The Morgan fingerprint density at radius 2 is 2.00 bits per heavy atom. The first kappa shape index (κ1) is 18.0. The molecule has 0 spiro atoms. The van der Waals surface area contributed by atoms with E-state index in [-0.39, 0.29) is 18.1 Å². The van der Waals surface area contributed by atoms with Gasteiger partial charge in [0.2, 0.25) is 5.91 Å². The average Bonchev–Trinajstić information content (AvgIpc) is 2.57. The number of carbonyl (C=O) groups is 1. The second kappa shape index (κ2) is 9.68. The van der Waals surface area contributed by atoms with Gasteiger partial charge >= 0.3 is 0 Å². The van der Waals surface area contributed by atoms with Crippen molar-refractivity contribution in [2.45, 2.75) is 58.1 Å². The van der Waals surface area contributed by atoms with Crippen molar-refractivity contribution in [3.05, 3.63) is 35.4 Å². The minimum absolute atomic E-state index is 0.0145. The van der Waals surface area contributed by atoms with Gasteiger partial charge in [0.15, 0.2) is 0 Å². The standard InChI is InChI=1S/C19H29NO3/c1-3-15-8-10-16(11-9-15)6-5-7-19(21)20-17-12-13-22-14-18(17)23-4-2/h8-11,17-18H,3-7,12-14H2,1-2H3,(H,20,21)/t17-,18-/m1/s1. The topological polar surface area (TPSA) is 47.6 Å². The smallest absolute Gasteiger partial charge is 0.220 e. The third-order valence-corrected chi connectivity index (χ3v) is 4.33. The van der Waals surface area contributed by atoms with Crippen molar-refractivity contribution in [3.8, 4) is 0 Å². The first-order valence-corrected chi connectivity index (χ1v) is 8.79. The second-order valence-electron chi connectivity index (χ2n) is 6.05. The number of rotatable bonds is 8. The average molecular weight is 319 g/mol. The summed E-state index contributed by atoms with van der Waals surface area (Å²) in [5.41, 5.74) is 2.65. The number of amides is 1. The van der Waals surface area contributed by atoms with Crippen molar-refractivity contribution >= 4 is 5.91 Å². The minimum atomic E-state index is -0.0145. The van der Waals surface area contributed by atoms with E-state index in [4.69, 9.17) is 9.47 Å². The highest BCUT2D eigenvalue weighted by atomic mass is 16.5. The zero-order valence-electron chi connectivity index (χ0n) is 14.3. The largest absolute Gasteiger partial charge is 0.379 e. The Bertz CT molecular complexity index is 470. The summed E-state index contributed by atoms with van der Waals surface area (Å²) in [4.78, 5) is 12.1. The molecular weight excluding hydrogens is 290 g/mol. The second-order valence-corrected chi connectivity index (χ2v) is 6.05. The molecule has 1 fully saturated rings. The van der Waals surface area contributed by atoms with Crippen LogP contribution in [0.3, 0.4) is 0 Å². The van der Waals surface area contributed by atoms with Crippen molar-refractivity contribution in [3.63, 3.8) is 0 Å². The van der Waals surface area contributed by atoms with Crippen LogP contribution in [0, 0.1) is 0 Å². The summed E-state index contributed by atoms with van der Waals surface area (Å²) in [5.74, 6) is 0.117. The molecular formula is C19H29NO3. The molecule has 0 radical (unpaired) electrons. The van der Waals surface area contributed by atoms with Crippen LogP contribution in [0.25, 0.3) is 0 Å². The molecule has 1 aromatic rings. The van der Waals surface area contributed by atoms with E-state index in [1.54, 1.807) is 0 Å². The predicted molar refractivity (Wildman–Crippen MR) is 91.5 cm³/mol. The van der Waals surface area contributed by atoms with Crippen LogP contribution < -0.4 is 5.32 Å². The highest BCUT2D eigenvalue weighted by Crippen LogP contribution is 2.13. The number of carbonyl (C=O) groups excluding carboxylic acids is 1. The van der Waals surface area contributed by atoms with Crippen molar-refractivity contribution < 1.29 is 14.3 Å². The molecule has 0 bridgehead atoms. The molecule has 1 N–H and O–H groups in total. The van der Waals surface area contributed by atoms with E-state index in [1.807, 2.05) is 6.92 Å². The van der Waals surface area contributed by atoms with Gasteiger partial charge in [0.1, 0.15) is 6.10 Å². The molecule has 1 aliphatic heterocycles. The number of benzene rings is 1. The fourth-order valence-corrected chi connectivity index (χ4v) is 2.93. The van der Waals surface area contributed by atoms with Crippen LogP contribution in [0.2, 0.25) is 0 Å². The lowest BCUT2D eigenvalue weighted by atomic mass is 10.0. The highest BCUT2D eigenvalue weighted by Gasteiger charge is 2.27. The summed E-state index contributed by atoms with van der Waals surface area (Å²) in [6, 6.07) is 8.76. The van der Waals surface area contributed by atoms with E-state index < -0.39 is 0 Å². The molecule has 0 saturated carbocycles. The number of aryl methyl sites for hydroxylation is 2. The molecule has 1 amide bonds. The summed E-state index contributed by atoms with van der Waals surface area (Å²) >= 11 is 0. The van der Waals surface area contributed by atoms with Gasteiger partial charge in [0.05, 0.1) is 12.6 Å².